The normalized spacial score (nSPS) is 11.8. The van der Waals surface area contributed by atoms with Gasteiger partial charge in [-0.05, 0) is 30.5 Å². The summed E-state index contributed by atoms with van der Waals surface area (Å²) in [5, 5.41) is 0. The molecule has 2 heteroatoms. The predicted octanol–water partition coefficient (Wildman–Crippen LogP) is 2.50. The van der Waals surface area contributed by atoms with Crippen molar-refractivity contribution in [3.8, 4) is 0 Å². The van der Waals surface area contributed by atoms with Crippen LogP contribution in [-0.4, -0.2) is 20.3 Å². The van der Waals surface area contributed by atoms with E-state index < -0.39 is 0 Å². The molecule has 0 aromatic heterocycles. The molecule has 0 spiro atoms. The second-order valence-corrected chi connectivity index (χ2v) is 4.87. The fourth-order valence-corrected chi connectivity index (χ4v) is 2.13. The van der Waals surface area contributed by atoms with E-state index in [4.69, 9.17) is 10.5 Å². The molecule has 0 fully saturated rings. The van der Waals surface area contributed by atoms with Crippen molar-refractivity contribution >= 4 is 0 Å². The molecule has 1 aromatic carbocycles. The molecule has 0 bridgehead atoms. The molecule has 2 nitrogen and oxygen atoms in total. The van der Waals surface area contributed by atoms with Gasteiger partial charge in [0.2, 0.25) is 0 Å². The first kappa shape index (κ1) is 13.2. The van der Waals surface area contributed by atoms with Gasteiger partial charge < -0.3 is 10.5 Å². The summed E-state index contributed by atoms with van der Waals surface area (Å²) in [4.78, 5) is 0. The topological polar surface area (TPSA) is 35.2 Å². The quantitative estimate of drug-likeness (QED) is 0.801. The Morgan fingerprint density at radius 2 is 1.94 bits per heavy atom. The van der Waals surface area contributed by atoms with E-state index in [1.807, 2.05) is 0 Å². The SMILES string of the molecule is COCC(C)(C)c1ccccc1CCCN. The largest absolute Gasteiger partial charge is 0.384 e. The number of benzene rings is 1. The molecule has 2 N–H and O–H groups in total. The van der Waals surface area contributed by atoms with Crippen molar-refractivity contribution < 1.29 is 4.74 Å². The van der Waals surface area contributed by atoms with Gasteiger partial charge in [-0.3, -0.25) is 0 Å². The first-order valence-corrected chi connectivity index (χ1v) is 5.89. The lowest BCUT2D eigenvalue weighted by Crippen LogP contribution is -2.25. The van der Waals surface area contributed by atoms with Crippen molar-refractivity contribution in [3.63, 3.8) is 0 Å². The van der Waals surface area contributed by atoms with Crippen LogP contribution in [0, 0.1) is 0 Å². The second kappa shape index (κ2) is 6.02. The molecule has 0 heterocycles. The van der Waals surface area contributed by atoms with Crippen LogP contribution < -0.4 is 5.73 Å². The molecule has 90 valence electrons. The van der Waals surface area contributed by atoms with Crippen LogP contribution in [-0.2, 0) is 16.6 Å². The van der Waals surface area contributed by atoms with Gasteiger partial charge in [0.25, 0.3) is 0 Å². The molecule has 0 aliphatic carbocycles. The highest BCUT2D eigenvalue weighted by atomic mass is 16.5. The van der Waals surface area contributed by atoms with Crippen LogP contribution in [0.15, 0.2) is 24.3 Å². The Bertz CT molecular complexity index is 320. The van der Waals surface area contributed by atoms with E-state index in [1.165, 1.54) is 11.1 Å². The summed E-state index contributed by atoms with van der Waals surface area (Å²) in [6.45, 7) is 5.93. The van der Waals surface area contributed by atoms with E-state index in [2.05, 4.69) is 38.1 Å². The first-order chi connectivity index (χ1) is 7.61. The minimum Gasteiger partial charge on any atom is -0.384 e. The number of ether oxygens (including phenoxy) is 1. The maximum absolute atomic E-state index is 5.57. The minimum atomic E-state index is 0.0694. The van der Waals surface area contributed by atoms with Gasteiger partial charge in [-0.15, -0.1) is 0 Å². The highest BCUT2D eigenvalue weighted by molar-refractivity contribution is 5.33. The Kier molecular flexibility index (Phi) is 4.97. The monoisotopic (exact) mass is 221 g/mol. The van der Waals surface area contributed by atoms with Crippen molar-refractivity contribution in [1.29, 1.82) is 0 Å². The molecule has 0 unspecified atom stereocenters. The van der Waals surface area contributed by atoms with Crippen LogP contribution >= 0.6 is 0 Å². The van der Waals surface area contributed by atoms with E-state index >= 15 is 0 Å². The van der Waals surface area contributed by atoms with Crippen LogP contribution in [0.4, 0.5) is 0 Å². The predicted molar refractivity (Wildman–Crippen MR) is 68.7 cm³/mol. The van der Waals surface area contributed by atoms with E-state index in [-0.39, 0.29) is 5.41 Å². The summed E-state index contributed by atoms with van der Waals surface area (Å²) in [5.41, 5.74) is 8.42. The van der Waals surface area contributed by atoms with Gasteiger partial charge >= 0.3 is 0 Å². The number of methoxy groups -OCH3 is 1. The molecule has 0 aliphatic heterocycles. The Morgan fingerprint density at radius 1 is 1.25 bits per heavy atom. The Hall–Kier alpha value is -0.860. The van der Waals surface area contributed by atoms with Crippen LogP contribution in [0.5, 0.6) is 0 Å². The molecule has 0 saturated heterocycles. The van der Waals surface area contributed by atoms with Crippen LogP contribution in [0.1, 0.15) is 31.4 Å². The molecule has 0 radical (unpaired) electrons. The summed E-state index contributed by atoms with van der Waals surface area (Å²) < 4.78 is 5.30. The third-order valence-corrected chi connectivity index (χ3v) is 2.90. The molecular formula is C14H23NO. The smallest absolute Gasteiger partial charge is 0.0553 e. The van der Waals surface area contributed by atoms with Gasteiger partial charge in [0.05, 0.1) is 6.61 Å². The van der Waals surface area contributed by atoms with E-state index in [9.17, 15) is 0 Å². The van der Waals surface area contributed by atoms with Gasteiger partial charge in [0.1, 0.15) is 0 Å². The first-order valence-electron chi connectivity index (χ1n) is 5.89. The zero-order valence-electron chi connectivity index (χ0n) is 10.6. The highest BCUT2D eigenvalue weighted by Crippen LogP contribution is 2.27. The summed E-state index contributed by atoms with van der Waals surface area (Å²) in [7, 11) is 1.75. The van der Waals surface area contributed by atoms with Gasteiger partial charge in [0, 0.05) is 12.5 Å². The lowest BCUT2D eigenvalue weighted by Gasteiger charge is -2.27. The Balaban J connectivity index is 2.93. The van der Waals surface area contributed by atoms with Crippen LogP contribution in [0.3, 0.4) is 0 Å². The van der Waals surface area contributed by atoms with Crippen molar-refractivity contribution in [2.45, 2.75) is 32.1 Å². The van der Waals surface area contributed by atoms with Crippen molar-refractivity contribution in [2.75, 3.05) is 20.3 Å². The second-order valence-electron chi connectivity index (χ2n) is 4.87. The summed E-state index contributed by atoms with van der Waals surface area (Å²) >= 11 is 0. The highest BCUT2D eigenvalue weighted by Gasteiger charge is 2.22. The fraction of sp³-hybridized carbons (Fsp3) is 0.571. The average Bonchev–Trinajstić information content (AvgIpc) is 2.26. The van der Waals surface area contributed by atoms with Gasteiger partial charge in [0.15, 0.2) is 0 Å². The summed E-state index contributed by atoms with van der Waals surface area (Å²) in [6.07, 6.45) is 2.10. The number of hydrogen-bond donors (Lipinski definition) is 1. The summed E-state index contributed by atoms with van der Waals surface area (Å²) in [5.74, 6) is 0. The fourth-order valence-electron chi connectivity index (χ4n) is 2.13. The van der Waals surface area contributed by atoms with Crippen molar-refractivity contribution in [3.05, 3.63) is 35.4 Å². The molecule has 0 aliphatic rings. The van der Waals surface area contributed by atoms with E-state index in [0.29, 0.717) is 0 Å². The van der Waals surface area contributed by atoms with Crippen LogP contribution in [0.2, 0.25) is 0 Å². The van der Waals surface area contributed by atoms with Crippen molar-refractivity contribution in [2.24, 2.45) is 5.73 Å². The molecule has 0 amide bonds. The number of rotatable bonds is 6. The maximum atomic E-state index is 5.57. The lowest BCUT2D eigenvalue weighted by atomic mass is 9.81. The van der Waals surface area contributed by atoms with E-state index in [1.54, 1.807) is 7.11 Å². The minimum absolute atomic E-state index is 0.0694. The molecule has 0 saturated carbocycles. The third kappa shape index (κ3) is 3.32. The molecular weight excluding hydrogens is 198 g/mol. The molecule has 1 rings (SSSR count). The van der Waals surface area contributed by atoms with Crippen LogP contribution in [0.25, 0.3) is 0 Å². The standard InChI is InChI=1S/C14H23NO/c1-14(2,11-16-3)13-9-5-4-7-12(13)8-6-10-15/h4-5,7,9H,6,8,10-11,15H2,1-3H3. The average molecular weight is 221 g/mol. The Morgan fingerprint density at radius 3 is 2.56 bits per heavy atom. The lowest BCUT2D eigenvalue weighted by molar-refractivity contribution is 0.146. The van der Waals surface area contributed by atoms with E-state index in [0.717, 1.165) is 26.0 Å². The molecule has 0 atom stereocenters. The number of nitrogens with two attached hydrogens (primary N) is 1. The van der Waals surface area contributed by atoms with Gasteiger partial charge in [-0.25, -0.2) is 0 Å². The zero-order chi connectivity index (χ0) is 12.0. The van der Waals surface area contributed by atoms with Gasteiger partial charge in [-0.2, -0.15) is 0 Å². The summed E-state index contributed by atoms with van der Waals surface area (Å²) in [6, 6.07) is 8.59. The zero-order valence-corrected chi connectivity index (χ0v) is 10.6. The Labute approximate surface area is 98.8 Å². The molecule has 16 heavy (non-hydrogen) atoms. The number of hydrogen-bond acceptors (Lipinski definition) is 2. The van der Waals surface area contributed by atoms with Crippen molar-refractivity contribution in [1.82, 2.24) is 0 Å². The van der Waals surface area contributed by atoms with Gasteiger partial charge in [-0.1, -0.05) is 38.1 Å². The number of aryl methyl sites for hydroxylation is 1. The maximum Gasteiger partial charge on any atom is 0.0553 e. The molecule has 1 aromatic rings. The third-order valence-electron chi connectivity index (χ3n) is 2.90.